The molecule has 152 valence electrons. The normalized spacial score (nSPS) is 13.8. The van der Waals surface area contributed by atoms with Gasteiger partial charge < -0.3 is 14.4 Å². The first kappa shape index (κ1) is 18.4. The first-order valence-corrected chi connectivity index (χ1v) is 9.42. The number of halogens is 2. The van der Waals surface area contributed by atoms with Crippen molar-refractivity contribution < 1.29 is 18.3 Å². The molecule has 1 aliphatic rings. The van der Waals surface area contributed by atoms with Crippen LogP contribution in [0, 0.1) is 6.92 Å². The Balaban J connectivity index is 1.50. The molecule has 0 spiro atoms. The second-order valence-corrected chi connectivity index (χ2v) is 7.21. The van der Waals surface area contributed by atoms with Crippen molar-refractivity contribution in [3.05, 3.63) is 59.2 Å². The molecule has 4 heterocycles. The number of nitrogens with zero attached hydrogens (tertiary/aromatic N) is 5. The average Bonchev–Trinajstić information content (AvgIpc) is 3.16. The second kappa shape index (κ2) is 7.01. The lowest BCUT2D eigenvalue weighted by Gasteiger charge is -2.25. The van der Waals surface area contributed by atoms with E-state index in [1.54, 1.807) is 31.6 Å². The molecule has 5 rings (SSSR count). The number of aromatic nitrogens is 4. The summed E-state index contributed by atoms with van der Waals surface area (Å²) in [5.74, 6) is -0.242. The molecule has 0 bridgehead atoms. The van der Waals surface area contributed by atoms with E-state index in [0.717, 1.165) is 23.7 Å². The third-order valence-electron chi connectivity index (χ3n) is 5.22. The molecule has 0 saturated carbocycles. The third kappa shape index (κ3) is 3.12. The largest absolute Gasteiger partial charge is 0.507 e. The van der Waals surface area contributed by atoms with Gasteiger partial charge in [0.2, 0.25) is 5.65 Å². The first-order valence-electron chi connectivity index (χ1n) is 9.42. The predicted molar refractivity (Wildman–Crippen MR) is 105 cm³/mol. The molecule has 4 aromatic rings. The Kier molecular flexibility index (Phi) is 4.30. The number of pyridine rings is 1. The topological polar surface area (TPSA) is 88.2 Å². The molecule has 0 atom stereocenters. The third-order valence-corrected chi connectivity index (χ3v) is 5.22. The minimum absolute atomic E-state index is 0.229. The summed E-state index contributed by atoms with van der Waals surface area (Å²) in [4.78, 5) is 19.4. The summed E-state index contributed by atoms with van der Waals surface area (Å²) in [6.45, 7) is 2.96. The highest BCUT2D eigenvalue weighted by atomic mass is 19.3. The minimum atomic E-state index is -2.66. The zero-order valence-electron chi connectivity index (χ0n) is 16.0. The maximum atomic E-state index is 13.0. The minimum Gasteiger partial charge on any atom is -0.507 e. The Bertz CT molecular complexity index is 1230. The molecule has 0 fully saturated rings. The molecule has 30 heavy (non-hydrogen) atoms. The monoisotopic (exact) mass is 409 g/mol. The standard InChI is InChI=1S/C21H17F2N5O2/c1-11-6-12(19(22)23)7-16(29)18(11)15-2-3-17-20(26-15)27-21(30-17)28-5-4-14-13(9-28)8-24-10-25-14/h2-3,6-8,10,19,29H,4-5,9H2,1H3. The number of fused-ring (bicyclic) bond motifs is 2. The van der Waals surface area contributed by atoms with Gasteiger partial charge in [0.25, 0.3) is 12.4 Å². The van der Waals surface area contributed by atoms with E-state index < -0.39 is 6.43 Å². The number of aromatic hydroxyl groups is 1. The number of phenols is 1. The van der Waals surface area contributed by atoms with Crippen LogP contribution >= 0.6 is 0 Å². The van der Waals surface area contributed by atoms with E-state index in [1.165, 1.54) is 6.07 Å². The number of rotatable bonds is 3. The quantitative estimate of drug-likeness (QED) is 0.543. The fourth-order valence-corrected chi connectivity index (χ4v) is 3.77. The van der Waals surface area contributed by atoms with Crippen LogP contribution in [-0.2, 0) is 13.0 Å². The molecule has 0 radical (unpaired) electrons. The summed E-state index contributed by atoms with van der Waals surface area (Å²) in [6.07, 6.45) is 1.45. The van der Waals surface area contributed by atoms with Crippen molar-refractivity contribution in [1.82, 2.24) is 19.9 Å². The van der Waals surface area contributed by atoms with Crippen LogP contribution in [0.5, 0.6) is 5.75 Å². The van der Waals surface area contributed by atoms with Crippen molar-refractivity contribution >= 4 is 17.2 Å². The van der Waals surface area contributed by atoms with Gasteiger partial charge in [0.15, 0.2) is 5.58 Å². The van der Waals surface area contributed by atoms with Crippen molar-refractivity contribution in [2.45, 2.75) is 26.3 Å². The van der Waals surface area contributed by atoms with E-state index >= 15 is 0 Å². The van der Waals surface area contributed by atoms with Crippen molar-refractivity contribution in [2.75, 3.05) is 11.4 Å². The number of aryl methyl sites for hydroxylation is 1. The molecule has 0 unspecified atom stereocenters. The summed E-state index contributed by atoms with van der Waals surface area (Å²) in [5.41, 5.74) is 4.06. The molecular weight excluding hydrogens is 392 g/mol. The lowest BCUT2D eigenvalue weighted by Crippen LogP contribution is -2.31. The maximum Gasteiger partial charge on any atom is 0.300 e. The van der Waals surface area contributed by atoms with Crippen LogP contribution in [-0.4, -0.2) is 31.6 Å². The molecular formula is C21H17F2N5O2. The molecule has 7 nitrogen and oxygen atoms in total. The Labute approximate surface area is 170 Å². The molecule has 3 aromatic heterocycles. The van der Waals surface area contributed by atoms with Gasteiger partial charge in [0.05, 0.1) is 17.9 Å². The number of anilines is 1. The Hall–Kier alpha value is -3.62. The van der Waals surface area contributed by atoms with E-state index in [2.05, 4.69) is 19.9 Å². The predicted octanol–water partition coefficient (Wildman–Crippen LogP) is 4.19. The molecule has 0 aliphatic carbocycles. The zero-order valence-corrected chi connectivity index (χ0v) is 16.0. The van der Waals surface area contributed by atoms with Crippen LogP contribution in [0.3, 0.4) is 0 Å². The number of hydrogen-bond donors (Lipinski definition) is 1. The van der Waals surface area contributed by atoms with Gasteiger partial charge in [0, 0.05) is 35.9 Å². The van der Waals surface area contributed by atoms with Gasteiger partial charge in [-0.2, -0.15) is 4.98 Å². The summed E-state index contributed by atoms with van der Waals surface area (Å²) >= 11 is 0. The van der Waals surface area contributed by atoms with Crippen LogP contribution < -0.4 is 4.90 Å². The highest BCUT2D eigenvalue weighted by molar-refractivity contribution is 5.78. The fourth-order valence-electron chi connectivity index (χ4n) is 3.77. The van der Waals surface area contributed by atoms with Gasteiger partial charge >= 0.3 is 0 Å². The van der Waals surface area contributed by atoms with Gasteiger partial charge in [-0.15, -0.1) is 0 Å². The Morgan fingerprint density at radius 1 is 1.20 bits per heavy atom. The second-order valence-electron chi connectivity index (χ2n) is 7.21. The number of alkyl halides is 2. The van der Waals surface area contributed by atoms with E-state index in [4.69, 9.17) is 4.42 Å². The Morgan fingerprint density at radius 2 is 2.07 bits per heavy atom. The number of phenolic OH excluding ortho intramolecular Hbond substituents is 1. The lowest BCUT2D eigenvalue weighted by atomic mass is 10.0. The first-order chi connectivity index (χ1) is 14.5. The van der Waals surface area contributed by atoms with Crippen molar-refractivity contribution in [1.29, 1.82) is 0 Å². The molecule has 9 heteroatoms. The highest BCUT2D eigenvalue weighted by Gasteiger charge is 2.23. The Morgan fingerprint density at radius 3 is 2.87 bits per heavy atom. The van der Waals surface area contributed by atoms with Crippen LogP contribution in [0.1, 0.15) is 28.8 Å². The van der Waals surface area contributed by atoms with E-state index in [-0.39, 0.29) is 11.3 Å². The van der Waals surface area contributed by atoms with Crippen LogP contribution in [0.4, 0.5) is 14.8 Å². The number of oxazole rings is 1. The number of hydrogen-bond acceptors (Lipinski definition) is 7. The van der Waals surface area contributed by atoms with Gasteiger partial charge in [-0.3, -0.25) is 0 Å². The molecule has 0 amide bonds. The van der Waals surface area contributed by atoms with Crippen molar-refractivity contribution in [2.24, 2.45) is 0 Å². The molecule has 1 aromatic carbocycles. The maximum absolute atomic E-state index is 13.0. The summed E-state index contributed by atoms with van der Waals surface area (Å²) in [5, 5.41) is 10.3. The smallest absolute Gasteiger partial charge is 0.300 e. The van der Waals surface area contributed by atoms with Gasteiger partial charge in [-0.25, -0.2) is 23.7 Å². The van der Waals surface area contributed by atoms with Crippen molar-refractivity contribution in [3.63, 3.8) is 0 Å². The van der Waals surface area contributed by atoms with Crippen LogP contribution in [0.2, 0.25) is 0 Å². The zero-order chi connectivity index (χ0) is 20.8. The highest BCUT2D eigenvalue weighted by Crippen LogP contribution is 2.36. The SMILES string of the molecule is Cc1cc(C(F)F)cc(O)c1-c1ccc2oc(N3CCc4ncncc4C3)nc2n1. The van der Waals surface area contributed by atoms with Gasteiger partial charge in [-0.05, 0) is 36.8 Å². The molecule has 0 saturated heterocycles. The summed E-state index contributed by atoms with van der Waals surface area (Å²) in [7, 11) is 0. The molecule has 1 N–H and O–H groups in total. The van der Waals surface area contributed by atoms with E-state index in [0.29, 0.717) is 47.2 Å². The summed E-state index contributed by atoms with van der Waals surface area (Å²) in [6, 6.07) is 6.27. The lowest BCUT2D eigenvalue weighted by molar-refractivity contribution is 0.151. The summed E-state index contributed by atoms with van der Waals surface area (Å²) < 4.78 is 31.8. The van der Waals surface area contributed by atoms with E-state index in [9.17, 15) is 13.9 Å². The van der Waals surface area contributed by atoms with E-state index in [1.807, 2.05) is 4.90 Å². The van der Waals surface area contributed by atoms with Crippen molar-refractivity contribution in [3.8, 4) is 17.0 Å². The fraction of sp³-hybridized carbons (Fsp3) is 0.238. The average molecular weight is 409 g/mol. The molecule has 1 aliphatic heterocycles. The van der Waals surface area contributed by atoms with Crippen LogP contribution in [0.25, 0.3) is 22.5 Å². The van der Waals surface area contributed by atoms with Gasteiger partial charge in [0.1, 0.15) is 12.1 Å². The number of benzene rings is 1. The van der Waals surface area contributed by atoms with Crippen LogP contribution in [0.15, 0.2) is 41.2 Å². The van der Waals surface area contributed by atoms with Gasteiger partial charge in [-0.1, -0.05) is 0 Å².